The Morgan fingerprint density at radius 1 is 1.31 bits per heavy atom. The van der Waals surface area contributed by atoms with Gasteiger partial charge in [-0.05, 0) is 32.4 Å². The molecule has 3 heteroatoms. The zero-order chi connectivity index (χ0) is 9.15. The Morgan fingerprint density at radius 2 is 2.15 bits per heavy atom. The Bertz CT molecular complexity index is 162. The predicted octanol–water partition coefficient (Wildman–Crippen LogP) is 0.481. The predicted molar refractivity (Wildman–Crippen MR) is 50.6 cm³/mol. The van der Waals surface area contributed by atoms with Gasteiger partial charge in [0.1, 0.15) is 0 Å². The Balaban J connectivity index is 1.88. The third-order valence-corrected chi connectivity index (χ3v) is 3.25. The fourth-order valence-corrected chi connectivity index (χ4v) is 2.22. The Labute approximate surface area is 79.7 Å². The Hall–Kier alpha value is -0.120. The minimum absolute atomic E-state index is 0.0542. The van der Waals surface area contributed by atoms with E-state index in [1.54, 1.807) is 0 Å². The van der Waals surface area contributed by atoms with Crippen LogP contribution < -0.4 is 0 Å². The third kappa shape index (κ3) is 2.03. The normalized spacial score (nSPS) is 35.8. The molecule has 2 fully saturated rings. The van der Waals surface area contributed by atoms with Gasteiger partial charge in [0.05, 0.1) is 13.2 Å². The molecule has 2 aliphatic heterocycles. The number of ether oxygens (including phenoxy) is 1. The molecule has 0 amide bonds. The summed E-state index contributed by atoms with van der Waals surface area (Å²) in [5.74, 6) is 0. The van der Waals surface area contributed by atoms with Crippen LogP contribution in [0.5, 0.6) is 0 Å². The average Bonchev–Trinajstić information content (AvgIpc) is 2.13. The van der Waals surface area contributed by atoms with E-state index in [-0.39, 0.29) is 12.0 Å². The Kier molecular flexibility index (Phi) is 2.86. The molecule has 0 saturated carbocycles. The van der Waals surface area contributed by atoms with Gasteiger partial charge in [-0.2, -0.15) is 0 Å². The number of hydrogen-bond acceptors (Lipinski definition) is 3. The first kappa shape index (κ1) is 9.44. The van der Waals surface area contributed by atoms with Crippen molar-refractivity contribution < 1.29 is 9.84 Å². The number of likely N-dealkylation sites (tertiary alicyclic amines) is 1. The summed E-state index contributed by atoms with van der Waals surface area (Å²) in [6.45, 7) is 5.36. The van der Waals surface area contributed by atoms with E-state index < -0.39 is 0 Å². The number of aliphatic hydroxyl groups excluding tert-OH is 1. The van der Waals surface area contributed by atoms with Crippen LogP contribution in [0.2, 0.25) is 0 Å². The second-order valence-corrected chi connectivity index (χ2v) is 4.44. The maximum Gasteiger partial charge on any atom is 0.0556 e. The van der Waals surface area contributed by atoms with Crippen LogP contribution in [0, 0.1) is 5.41 Å². The molecule has 13 heavy (non-hydrogen) atoms. The highest BCUT2D eigenvalue weighted by Crippen LogP contribution is 2.30. The van der Waals surface area contributed by atoms with Crippen LogP contribution in [-0.4, -0.2) is 49.5 Å². The average molecular weight is 185 g/mol. The highest BCUT2D eigenvalue weighted by molar-refractivity contribution is 4.86. The van der Waals surface area contributed by atoms with Crippen LogP contribution in [-0.2, 0) is 4.74 Å². The van der Waals surface area contributed by atoms with Gasteiger partial charge in [0.25, 0.3) is 0 Å². The largest absolute Gasteiger partial charge is 0.396 e. The van der Waals surface area contributed by atoms with Gasteiger partial charge in [-0.1, -0.05) is 0 Å². The first-order valence-electron chi connectivity index (χ1n) is 5.26. The third-order valence-electron chi connectivity index (χ3n) is 3.25. The van der Waals surface area contributed by atoms with Crippen molar-refractivity contribution in [2.75, 3.05) is 39.5 Å². The number of hydrogen-bond donors (Lipinski definition) is 1. The summed E-state index contributed by atoms with van der Waals surface area (Å²) < 4.78 is 5.46. The molecule has 1 atom stereocenters. The molecule has 3 nitrogen and oxygen atoms in total. The molecule has 0 spiro atoms. The molecule has 1 N–H and O–H groups in total. The van der Waals surface area contributed by atoms with Crippen molar-refractivity contribution in [3.63, 3.8) is 0 Å². The van der Waals surface area contributed by atoms with E-state index in [9.17, 15) is 5.11 Å². The van der Waals surface area contributed by atoms with Gasteiger partial charge in [0.15, 0.2) is 0 Å². The van der Waals surface area contributed by atoms with Crippen LogP contribution in [0.3, 0.4) is 0 Å². The molecular formula is C10H19NO2. The smallest absolute Gasteiger partial charge is 0.0556 e. The molecule has 0 aliphatic carbocycles. The SMILES string of the molecule is OCC1(CN2CCC2)CCCOC1. The van der Waals surface area contributed by atoms with Crippen molar-refractivity contribution in [3.05, 3.63) is 0 Å². The van der Waals surface area contributed by atoms with Crippen molar-refractivity contribution in [2.45, 2.75) is 19.3 Å². The summed E-state index contributed by atoms with van der Waals surface area (Å²) in [5.41, 5.74) is 0.0542. The highest BCUT2D eigenvalue weighted by atomic mass is 16.5. The van der Waals surface area contributed by atoms with E-state index in [0.717, 1.165) is 32.6 Å². The molecule has 2 aliphatic rings. The van der Waals surface area contributed by atoms with Gasteiger partial charge < -0.3 is 14.7 Å². The van der Waals surface area contributed by atoms with E-state index in [1.807, 2.05) is 0 Å². The topological polar surface area (TPSA) is 32.7 Å². The van der Waals surface area contributed by atoms with Gasteiger partial charge in [-0.25, -0.2) is 0 Å². The second-order valence-electron chi connectivity index (χ2n) is 4.44. The highest BCUT2D eigenvalue weighted by Gasteiger charge is 2.35. The quantitative estimate of drug-likeness (QED) is 0.694. The van der Waals surface area contributed by atoms with Crippen molar-refractivity contribution in [2.24, 2.45) is 5.41 Å². The van der Waals surface area contributed by atoms with Gasteiger partial charge in [0, 0.05) is 18.6 Å². The zero-order valence-electron chi connectivity index (χ0n) is 8.17. The molecule has 0 aromatic heterocycles. The van der Waals surface area contributed by atoms with E-state index >= 15 is 0 Å². The van der Waals surface area contributed by atoms with Crippen LogP contribution in [0.25, 0.3) is 0 Å². The van der Waals surface area contributed by atoms with Crippen LogP contribution in [0.1, 0.15) is 19.3 Å². The molecule has 0 bridgehead atoms. The molecule has 0 radical (unpaired) electrons. The van der Waals surface area contributed by atoms with Gasteiger partial charge in [0.2, 0.25) is 0 Å². The summed E-state index contributed by atoms with van der Waals surface area (Å²) in [6.07, 6.45) is 3.55. The monoisotopic (exact) mass is 185 g/mol. The zero-order valence-corrected chi connectivity index (χ0v) is 8.17. The van der Waals surface area contributed by atoms with Crippen LogP contribution in [0.15, 0.2) is 0 Å². The first-order chi connectivity index (χ1) is 6.35. The van der Waals surface area contributed by atoms with Crippen LogP contribution >= 0.6 is 0 Å². The minimum Gasteiger partial charge on any atom is -0.396 e. The minimum atomic E-state index is 0.0542. The second kappa shape index (κ2) is 3.95. The summed E-state index contributed by atoms with van der Waals surface area (Å²) in [5, 5.41) is 9.40. The number of nitrogens with zero attached hydrogens (tertiary/aromatic N) is 1. The lowest BCUT2D eigenvalue weighted by Gasteiger charge is -2.42. The summed E-state index contributed by atoms with van der Waals surface area (Å²) in [4.78, 5) is 2.42. The lowest BCUT2D eigenvalue weighted by molar-refractivity contribution is -0.0631. The van der Waals surface area contributed by atoms with Crippen molar-refractivity contribution in [3.8, 4) is 0 Å². The van der Waals surface area contributed by atoms with E-state index in [2.05, 4.69) is 4.90 Å². The molecule has 2 rings (SSSR count). The van der Waals surface area contributed by atoms with E-state index in [4.69, 9.17) is 4.74 Å². The Morgan fingerprint density at radius 3 is 2.62 bits per heavy atom. The maximum absolute atomic E-state index is 9.40. The summed E-state index contributed by atoms with van der Waals surface area (Å²) >= 11 is 0. The van der Waals surface area contributed by atoms with Crippen molar-refractivity contribution >= 4 is 0 Å². The standard InChI is InChI=1S/C10H19NO2/c12-8-10(3-1-6-13-9-10)7-11-4-2-5-11/h12H,1-9H2. The van der Waals surface area contributed by atoms with Gasteiger partial charge in [-0.3, -0.25) is 0 Å². The molecule has 0 aromatic carbocycles. The molecule has 0 aromatic rings. The van der Waals surface area contributed by atoms with E-state index in [0.29, 0.717) is 0 Å². The first-order valence-corrected chi connectivity index (χ1v) is 5.26. The van der Waals surface area contributed by atoms with Gasteiger partial charge in [-0.15, -0.1) is 0 Å². The van der Waals surface area contributed by atoms with Crippen molar-refractivity contribution in [1.29, 1.82) is 0 Å². The summed E-state index contributed by atoms with van der Waals surface area (Å²) in [6, 6.07) is 0. The van der Waals surface area contributed by atoms with Crippen LogP contribution in [0.4, 0.5) is 0 Å². The fraction of sp³-hybridized carbons (Fsp3) is 1.00. The van der Waals surface area contributed by atoms with E-state index in [1.165, 1.54) is 19.5 Å². The number of rotatable bonds is 3. The summed E-state index contributed by atoms with van der Waals surface area (Å²) in [7, 11) is 0. The fourth-order valence-electron chi connectivity index (χ4n) is 2.22. The lowest BCUT2D eigenvalue weighted by Crippen LogP contribution is -2.50. The molecule has 2 heterocycles. The molecule has 2 saturated heterocycles. The lowest BCUT2D eigenvalue weighted by atomic mass is 9.82. The van der Waals surface area contributed by atoms with Gasteiger partial charge >= 0.3 is 0 Å². The number of aliphatic hydroxyl groups is 1. The maximum atomic E-state index is 9.40. The van der Waals surface area contributed by atoms with Crippen molar-refractivity contribution in [1.82, 2.24) is 4.90 Å². The molecule has 1 unspecified atom stereocenters. The molecular weight excluding hydrogens is 166 g/mol. The molecule has 76 valence electrons.